The summed E-state index contributed by atoms with van der Waals surface area (Å²) in [6.45, 7) is 0.191. The van der Waals surface area contributed by atoms with Gasteiger partial charge in [0.25, 0.3) is 0 Å². The zero-order valence-corrected chi connectivity index (χ0v) is 11.1. The highest BCUT2D eigenvalue weighted by atomic mass is 16.5. The van der Waals surface area contributed by atoms with Gasteiger partial charge in [0.2, 0.25) is 0 Å². The van der Waals surface area contributed by atoms with Crippen LogP contribution in [0.1, 0.15) is 16.2 Å². The highest BCUT2D eigenvalue weighted by Gasteiger charge is 2.12. The van der Waals surface area contributed by atoms with Crippen LogP contribution in [0, 0.1) is 0 Å². The van der Waals surface area contributed by atoms with E-state index in [1.807, 2.05) is 36.4 Å². The lowest BCUT2D eigenvalue weighted by Crippen LogP contribution is -2.06. The molecule has 5 nitrogen and oxygen atoms in total. The standard InChI is InChI=1S/C16H12N2O3/c19-16(20)15-14(6-3-9-17-15)21-10-12-8-7-11-4-1-2-5-13(11)18-12/h1-9H,10H2,(H,19,20). The third-order valence-electron chi connectivity index (χ3n) is 3.00. The number of para-hydroxylation sites is 1. The monoisotopic (exact) mass is 280 g/mol. The molecule has 0 aliphatic heterocycles. The number of carboxylic acids is 1. The van der Waals surface area contributed by atoms with Crippen molar-refractivity contribution in [1.82, 2.24) is 9.97 Å². The molecular weight excluding hydrogens is 268 g/mol. The Bertz CT molecular complexity index is 802. The molecule has 2 aromatic heterocycles. The number of hydrogen-bond acceptors (Lipinski definition) is 4. The summed E-state index contributed by atoms with van der Waals surface area (Å²) in [4.78, 5) is 19.3. The lowest BCUT2D eigenvalue weighted by molar-refractivity contribution is 0.0684. The fraction of sp³-hybridized carbons (Fsp3) is 0.0625. The van der Waals surface area contributed by atoms with Gasteiger partial charge in [0.1, 0.15) is 6.61 Å². The second-order valence-corrected chi connectivity index (χ2v) is 4.44. The second kappa shape index (κ2) is 5.58. The Hall–Kier alpha value is -2.95. The number of hydrogen-bond donors (Lipinski definition) is 1. The van der Waals surface area contributed by atoms with Crippen molar-refractivity contribution < 1.29 is 14.6 Å². The molecule has 0 fully saturated rings. The van der Waals surface area contributed by atoms with E-state index in [0.717, 1.165) is 16.6 Å². The largest absolute Gasteiger partial charge is 0.485 e. The lowest BCUT2D eigenvalue weighted by Gasteiger charge is -2.08. The maximum Gasteiger partial charge on any atom is 0.358 e. The van der Waals surface area contributed by atoms with Gasteiger partial charge in [-0.1, -0.05) is 24.3 Å². The summed E-state index contributed by atoms with van der Waals surface area (Å²) >= 11 is 0. The number of carbonyl (C=O) groups is 1. The highest BCUT2D eigenvalue weighted by Crippen LogP contribution is 2.18. The molecule has 0 aliphatic rings. The van der Waals surface area contributed by atoms with E-state index < -0.39 is 5.97 Å². The number of fused-ring (bicyclic) bond motifs is 1. The summed E-state index contributed by atoms with van der Waals surface area (Å²) in [5.74, 6) is -0.878. The van der Waals surface area contributed by atoms with Crippen molar-refractivity contribution in [2.45, 2.75) is 6.61 Å². The van der Waals surface area contributed by atoms with E-state index >= 15 is 0 Å². The molecule has 0 spiro atoms. The zero-order valence-electron chi connectivity index (χ0n) is 11.1. The quantitative estimate of drug-likeness (QED) is 0.795. The highest BCUT2D eigenvalue weighted by molar-refractivity contribution is 5.88. The Morgan fingerprint density at radius 3 is 2.81 bits per heavy atom. The summed E-state index contributed by atoms with van der Waals surface area (Å²) in [6, 6.07) is 14.8. The molecule has 1 aromatic carbocycles. The van der Waals surface area contributed by atoms with Crippen LogP contribution < -0.4 is 4.74 Å². The number of benzene rings is 1. The zero-order chi connectivity index (χ0) is 14.7. The summed E-state index contributed by atoms with van der Waals surface area (Å²) in [5.41, 5.74) is 1.51. The molecule has 0 bridgehead atoms. The van der Waals surface area contributed by atoms with Crippen LogP contribution in [0.3, 0.4) is 0 Å². The number of nitrogens with zero attached hydrogens (tertiary/aromatic N) is 2. The molecule has 104 valence electrons. The van der Waals surface area contributed by atoms with Crippen LogP contribution in [0.15, 0.2) is 54.7 Å². The van der Waals surface area contributed by atoms with E-state index in [2.05, 4.69) is 9.97 Å². The van der Waals surface area contributed by atoms with Crippen LogP contribution in [0.5, 0.6) is 5.75 Å². The summed E-state index contributed by atoms with van der Waals surface area (Å²) in [6.07, 6.45) is 1.42. The number of carboxylic acid groups (broad SMARTS) is 1. The number of aromatic nitrogens is 2. The molecule has 2 heterocycles. The lowest BCUT2D eigenvalue weighted by atomic mass is 10.2. The van der Waals surface area contributed by atoms with Crippen LogP contribution in [-0.2, 0) is 6.61 Å². The van der Waals surface area contributed by atoms with E-state index in [1.165, 1.54) is 6.20 Å². The topological polar surface area (TPSA) is 72.3 Å². The fourth-order valence-electron chi connectivity index (χ4n) is 2.01. The van der Waals surface area contributed by atoms with E-state index in [4.69, 9.17) is 9.84 Å². The molecule has 0 radical (unpaired) electrons. The van der Waals surface area contributed by atoms with Crippen molar-refractivity contribution in [1.29, 1.82) is 0 Å². The molecular formula is C16H12N2O3. The van der Waals surface area contributed by atoms with Gasteiger partial charge in [-0.05, 0) is 24.3 Å². The van der Waals surface area contributed by atoms with E-state index in [-0.39, 0.29) is 18.1 Å². The van der Waals surface area contributed by atoms with E-state index in [1.54, 1.807) is 12.1 Å². The molecule has 0 unspecified atom stereocenters. The van der Waals surface area contributed by atoms with Crippen LogP contribution in [0.2, 0.25) is 0 Å². The minimum absolute atomic E-state index is 0.0988. The van der Waals surface area contributed by atoms with Gasteiger partial charge in [0.05, 0.1) is 11.2 Å². The van der Waals surface area contributed by atoms with Crippen LogP contribution >= 0.6 is 0 Å². The summed E-state index contributed by atoms with van der Waals surface area (Å²) < 4.78 is 5.53. The third-order valence-corrected chi connectivity index (χ3v) is 3.00. The van der Waals surface area contributed by atoms with Gasteiger partial charge >= 0.3 is 5.97 Å². The maximum atomic E-state index is 11.0. The van der Waals surface area contributed by atoms with Crippen molar-refractivity contribution >= 4 is 16.9 Å². The second-order valence-electron chi connectivity index (χ2n) is 4.44. The Labute approximate surface area is 120 Å². The van der Waals surface area contributed by atoms with Gasteiger partial charge in [-0.3, -0.25) is 0 Å². The average Bonchev–Trinajstić information content (AvgIpc) is 2.53. The first-order valence-electron chi connectivity index (χ1n) is 6.40. The van der Waals surface area contributed by atoms with Gasteiger partial charge in [0.15, 0.2) is 11.4 Å². The number of aromatic carboxylic acids is 1. The number of rotatable bonds is 4. The smallest absolute Gasteiger partial charge is 0.358 e. The van der Waals surface area contributed by atoms with E-state index in [9.17, 15) is 4.79 Å². The van der Waals surface area contributed by atoms with Gasteiger partial charge in [-0.2, -0.15) is 0 Å². The first-order valence-corrected chi connectivity index (χ1v) is 6.40. The van der Waals surface area contributed by atoms with Crippen molar-refractivity contribution in [3.8, 4) is 5.75 Å². The molecule has 0 saturated carbocycles. The molecule has 0 aliphatic carbocycles. The predicted octanol–water partition coefficient (Wildman–Crippen LogP) is 2.91. The molecule has 0 saturated heterocycles. The molecule has 3 rings (SSSR count). The molecule has 0 amide bonds. The van der Waals surface area contributed by atoms with Crippen molar-refractivity contribution in [3.05, 3.63) is 66.1 Å². The maximum absolute atomic E-state index is 11.0. The first kappa shape index (κ1) is 13.1. The van der Waals surface area contributed by atoms with Crippen LogP contribution in [0.25, 0.3) is 10.9 Å². The molecule has 0 atom stereocenters. The summed E-state index contributed by atoms with van der Waals surface area (Å²) in [5, 5.41) is 10.1. The van der Waals surface area contributed by atoms with Crippen LogP contribution in [-0.4, -0.2) is 21.0 Å². The Kier molecular flexibility index (Phi) is 3.47. The minimum Gasteiger partial charge on any atom is -0.485 e. The summed E-state index contributed by atoms with van der Waals surface area (Å²) in [7, 11) is 0. The normalized spacial score (nSPS) is 10.5. The third kappa shape index (κ3) is 2.81. The fourth-order valence-corrected chi connectivity index (χ4v) is 2.01. The van der Waals surface area contributed by atoms with Gasteiger partial charge in [-0.25, -0.2) is 14.8 Å². The predicted molar refractivity (Wildman–Crippen MR) is 77.3 cm³/mol. The molecule has 5 heteroatoms. The molecule has 21 heavy (non-hydrogen) atoms. The number of ether oxygens (including phenoxy) is 1. The molecule has 3 aromatic rings. The van der Waals surface area contributed by atoms with E-state index in [0.29, 0.717) is 0 Å². The van der Waals surface area contributed by atoms with Gasteiger partial charge < -0.3 is 9.84 Å². The van der Waals surface area contributed by atoms with Gasteiger partial charge in [0, 0.05) is 11.6 Å². The van der Waals surface area contributed by atoms with Crippen molar-refractivity contribution in [2.75, 3.05) is 0 Å². The average molecular weight is 280 g/mol. The minimum atomic E-state index is -1.11. The number of pyridine rings is 2. The molecule has 1 N–H and O–H groups in total. The van der Waals surface area contributed by atoms with Crippen LogP contribution in [0.4, 0.5) is 0 Å². The first-order chi connectivity index (χ1) is 10.2. The van der Waals surface area contributed by atoms with Crippen molar-refractivity contribution in [2.24, 2.45) is 0 Å². The Balaban J connectivity index is 1.82. The Morgan fingerprint density at radius 1 is 1.10 bits per heavy atom. The Morgan fingerprint density at radius 2 is 1.95 bits per heavy atom. The SMILES string of the molecule is O=C(O)c1ncccc1OCc1ccc2ccccc2n1. The van der Waals surface area contributed by atoms with Crippen molar-refractivity contribution in [3.63, 3.8) is 0 Å². The van der Waals surface area contributed by atoms with Gasteiger partial charge in [-0.15, -0.1) is 0 Å².